The zero-order valence-electron chi connectivity index (χ0n) is 20.3. The molecule has 35 heavy (non-hydrogen) atoms. The lowest BCUT2D eigenvalue weighted by atomic mass is 10.0. The number of anilines is 1. The Hall–Kier alpha value is -3.62. The highest BCUT2D eigenvalue weighted by atomic mass is 16.1. The number of hydrogen-bond acceptors (Lipinski definition) is 6. The second kappa shape index (κ2) is 10.3. The van der Waals surface area contributed by atoms with Crippen LogP contribution in [-0.2, 0) is 13.0 Å². The summed E-state index contributed by atoms with van der Waals surface area (Å²) in [4.78, 5) is 26.4. The van der Waals surface area contributed by atoms with E-state index in [1.54, 1.807) is 12.4 Å². The van der Waals surface area contributed by atoms with Gasteiger partial charge in [0.1, 0.15) is 0 Å². The second-order valence-electron chi connectivity index (χ2n) is 9.49. The van der Waals surface area contributed by atoms with Crippen LogP contribution in [0.3, 0.4) is 0 Å². The molecule has 0 unspecified atom stereocenters. The number of nitrogens with zero attached hydrogens (tertiary/aromatic N) is 5. The molecule has 5 rings (SSSR count). The molecule has 1 fully saturated rings. The van der Waals surface area contributed by atoms with Crippen molar-refractivity contribution < 1.29 is 4.79 Å². The summed E-state index contributed by atoms with van der Waals surface area (Å²) in [6, 6.07) is 10.1. The van der Waals surface area contributed by atoms with Crippen LogP contribution in [-0.4, -0.2) is 69.6 Å². The molecule has 8 heteroatoms. The normalized spacial score (nSPS) is 14.1. The van der Waals surface area contributed by atoms with Crippen molar-refractivity contribution in [3.63, 3.8) is 0 Å². The second-order valence-corrected chi connectivity index (χ2v) is 9.49. The predicted octanol–water partition coefficient (Wildman–Crippen LogP) is 3.97. The van der Waals surface area contributed by atoms with Crippen LogP contribution in [0, 0.1) is 0 Å². The Labute approximate surface area is 205 Å². The molecule has 0 bridgehead atoms. The lowest BCUT2D eigenvalue weighted by Gasteiger charge is -2.14. The van der Waals surface area contributed by atoms with E-state index in [2.05, 4.69) is 41.3 Å². The number of hydrogen-bond donors (Lipinski definition) is 2. The van der Waals surface area contributed by atoms with E-state index in [4.69, 9.17) is 0 Å². The van der Waals surface area contributed by atoms with Gasteiger partial charge in [-0.15, -0.1) is 0 Å². The Bertz CT molecular complexity index is 1320. The lowest BCUT2D eigenvalue weighted by Crippen LogP contribution is -2.21. The number of carbonyl (C=O) groups is 1. The average molecular weight is 470 g/mol. The van der Waals surface area contributed by atoms with Gasteiger partial charge in [-0.2, -0.15) is 5.10 Å². The number of amides is 1. The van der Waals surface area contributed by atoms with E-state index in [0.717, 1.165) is 47.1 Å². The molecule has 4 heterocycles. The highest BCUT2D eigenvalue weighted by Gasteiger charge is 2.16. The Balaban J connectivity index is 1.35. The summed E-state index contributed by atoms with van der Waals surface area (Å²) in [5, 5.41) is 11.0. The van der Waals surface area contributed by atoms with Crippen molar-refractivity contribution in [3.8, 4) is 11.1 Å². The molecular weight excluding hydrogens is 438 g/mol. The third kappa shape index (κ3) is 5.55. The maximum Gasteiger partial charge on any atom is 0.276 e. The fourth-order valence-corrected chi connectivity index (χ4v) is 4.64. The number of aromatic amines is 1. The van der Waals surface area contributed by atoms with Crippen LogP contribution in [0.15, 0.2) is 55.1 Å². The van der Waals surface area contributed by atoms with Gasteiger partial charge < -0.3 is 15.1 Å². The average Bonchev–Trinajstić information content (AvgIpc) is 3.52. The highest BCUT2D eigenvalue weighted by Crippen LogP contribution is 2.26. The first kappa shape index (κ1) is 23.1. The number of likely N-dealkylation sites (tertiary alicyclic amines) is 1. The van der Waals surface area contributed by atoms with Gasteiger partial charge in [0.05, 0.1) is 17.4 Å². The lowest BCUT2D eigenvalue weighted by molar-refractivity contribution is 0.102. The van der Waals surface area contributed by atoms with Crippen LogP contribution < -0.4 is 5.32 Å². The maximum absolute atomic E-state index is 13.1. The van der Waals surface area contributed by atoms with Crippen molar-refractivity contribution >= 4 is 22.5 Å². The van der Waals surface area contributed by atoms with E-state index in [1.165, 1.54) is 31.5 Å². The van der Waals surface area contributed by atoms with Crippen molar-refractivity contribution in [2.24, 2.45) is 0 Å². The predicted molar refractivity (Wildman–Crippen MR) is 138 cm³/mol. The molecule has 1 amide bonds. The quantitative estimate of drug-likeness (QED) is 0.406. The number of fused-ring (bicyclic) bond motifs is 1. The fourth-order valence-electron chi connectivity index (χ4n) is 4.64. The Morgan fingerprint density at radius 2 is 1.80 bits per heavy atom. The molecule has 0 aliphatic carbocycles. The van der Waals surface area contributed by atoms with E-state index in [0.29, 0.717) is 11.4 Å². The van der Waals surface area contributed by atoms with Crippen LogP contribution >= 0.6 is 0 Å². The molecule has 0 atom stereocenters. The van der Waals surface area contributed by atoms with E-state index in [9.17, 15) is 4.79 Å². The number of aromatic nitrogens is 4. The molecule has 3 aromatic heterocycles. The Kier molecular flexibility index (Phi) is 6.83. The summed E-state index contributed by atoms with van der Waals surface area (Å²) in [5.41, 5.74) is 6.13. The molecule has 1 saturated heterocycles. The summed E-state index contributed by atoms with van der Waals surface area (Å²) in [6.07, 6.45) is 10.9. The van der Waals surface area contributed by atoms with Gasteiger partial charge in [0, 0.05) is 42.6 Å². The highest BCUT2D eigenvalue weighted by molar-refractivity contribution is 6.11. The number of benzene rings is 1. The molecule has 180 valence electrons. The van der Waals surface area contributed by atoms with E-state index >= 15 is 0 Å². The molecule has 0 saturated carbocycles. The van der Waals surface area contributed by atoms with Crippen molar-refractivity contribution in [1.82, 2.24) is 30.0 Å². The molecule has 8 nitrogen and oxygen atoms in total. The van der Waals surface area contributed by atoms with Crippen LogP contribution in [0.2, 0.25) is 0 Å². The van der Waals surface area contributed by atoms with E-state index in [1.807, 2.05) is 50.8 Å². The van der Waals surface area contributed by atoms with Crippen LogP contribution in [0.4, 0.5) is 5.69 Å². The minimum Gasteiger partial charge on any atom is -0.319 e. The molecule has 1 aliphatic rings. The molecule has 0 spiro atoms. The van der Waals surface area contributed by atoms with Crippen LogP contribution in [0.25, 0.3) is 22.0 Å². The van der Waals surface area contributed by atoms with Crippen LogP contribution in [0.5, 0.6) is 0 Å². The first-order valence-electron chi connectivity index (χ1n) is 12.1. The smallest absolute Gasteiger partial charge is 0.276 e. The Morgan fingerprint density at radius 3 is 2.63 bits per heavy atom. The summed E-state index contributed by atoms with van der Waals surface area (Å²) in [7, 11) is 3.99. The van der Waals surface area contributed by atoms with Crippen molar-refractivity contribution in [3.05, 3.63) is 71.9 Å². The van der Waals surface area contributed by atoms with E-state index in [-0.39, 0.29) is 5.91 Å². The van der Waals surface area contributed by atoms with Gasteiger partial charge in [0.15, 0.2) is 5.69 Å². The zero-order valence-corrected chi connectivity index (χ0v) is 20.3. The minimum atomic E-state index is -0.269. The molecule has 2 N–H and O–H groups in total. The largest absolute Gasteiger partial charge is 0.319 e. The zero-order chi connectivity index (χ0) is 24.2. The van der Waals surface area contributed by atoms with Gasteiger partial charge in [-0.25, -0.2) is 0 Å². The molecule has 4 aromatic rings. The molecular formula is C27H31N7O. The van der Waals surface area contributed by atoms with Crippen molar-refractivity contribution in [2.45, 2.75) is 25.8 Å². The first-order chi connectivity index (χ1) is 17.0. The number of nitrogens with one attached hydrogen (secondary N) is 2. The third-order valence-electron chi connectivity index (χ3n) is 6.37. The van der Waals surface area contributed by atoms with E-state index < -0.39 is 0 Å². The number of rotatable bonds is 8. The standard InChI is InChI=1S/C27H31N7O/c1-33(2)18-20-12-23(17-29-15-20)30-27(35)26-24-13-21(5-6-25(24)31-32-26)22-11-19(14-28-16-22)7-10-34-8-3-4-9-34/h5-6,11-17H,3-4,7-10,18H2,1-2H3,(H,30,35)(H,31,32). The summed E-state index contributed by atoms with van der Waals surface area (Å²) < 4.78 is 0. The minimum absolute atomic E-state index is 0.269. The Morgan fingerprint density at radius 1 is 1.00 bits per heavy atom. The molecule has 1 aliphatic heterocycles. The SMILES string of the molecule is CN(C)Cc1cncc(NC(=O)c2n[nH]c3ccc(-c4cncc(CCN5CCCC5)c4)cc23)c1. The maximum atomic E-state index is 13.1. The number of carbonyl (C=O) groups excluding carboxylic acids is 1. The number of H-pyrrole nitrogens is 1. The molecule has 0 radical (unpaired) electrons. The van der Waals surface area contributed by atoms with Crippen molar-refractivity contribution in [2.75, 3.05) is 39.0 Å². The van der Waals surface area contributed by atoms with Gasteiger partial charge in [0.25, 0.3) is 5.91 Å². The van der Waals surface area contributed by atoms with Gasteiger partial charge in [-0.1, -0.05) is 6.07 Å². The van der Waals surface area contributed by atoms with Crippen LogP contribution in [0.1, 0.15) is 34.5 Å². The number of pyridine rings is 2. The summed E-state index contributed by atoms with van der Waals surface area (Å²) in [5.74, 6) is -0.269. The first-order valence-corrected chi connectivity index (χ1v) is 12.1. The summed E-state index contributed by atoms with van der Waals surface area (Å²) in [6.45, 7) is 4.22. The van der Waals surface area contributed by atoms with Gasteiger partial charge in [-0.05, 0) is 87.4 Å². The monoisotopic (exact) mass is 469 g/mol. The third-order valence-corrected chi connectivity index (χ3v) is 6.37. The van der Waals surface area contributed by atoms with Gasteiger partial charge >= 0.3 is 0 Å². The summed E-state index contributed by atoms with van der Waals surface area (Å²) >= 11 is 0. The van der Waals surface area contributed by atoms with Gasteiger partial charge in [0.2, 0.25) is 0 Å². The van der Waals surface area contributed by atoms with Crippen molar-refractivity contribution in [1.29, 1.82) is 0 Å². The van der Waals surface area contributed by atoms with Gasteiger partial charge in [-0.3, -0.25) is 19.9 Å². The molecule has 1 aromatic carbocycles. The fraction of sp³-hybridized carbons (Fsp3) is 0.333. The topological polar surface area (TPSA) is 90.0 Å².